The van der Waals surface area contributed by atoms with E-state index < -0.39 is 21.1 Å². The predicted molar refractivity (Wildman–Crippen MR) is 158 cm³/mol. The number of rotatable bonds is 7. The molecule has 0 bridgehead atoms. The Labute approximate surface area is 244 Å². The summed E-state index contributed by atoms with van der Waals surface area (Å²) in [7, 11) is -1.22. The van der Waals surface area contributed by atoms with Crippen molar-refractivity contribution in [3.8, 4) is 5.69 Å². The third-order valence-electron chi connectivity index (χ3n) is 8.81. The number of nitrogens with zero attached hydrogens (tertiary/aromatic N) is 7. The summed E-state index contributed by atoms with van der Waals surface area (Å²) in [6, 6.07) is 8.77. The van der Waals surface area contributed by atoms with Gasteiger partial charge in [0, 0.05) is 37.2 Å². The summed E-state index contributed by atoms with van der Waals surface area (Å²) in [5, 5.41) is 4.60. The highest BCUT2D eigenvalue weighted by Crippen LogP contribution is 2.52. The lowest BCUT2D eigenvalue weighted by molar-refractivity contribution is 0.0736. The van der Waals surface area contributed by atoms with Gasteiger partial charge in [0.1, 0.15) is 12.0 Å². The van der Waals surface area contributed by atoms with Gasteiger partial charge in [0.15, 0.2) is 5.78 Å². The molecule has 3 aliphatic carbocycles. The van der Waals surface area contributed by atoms with E-state index in [2.05, 4.69) is 32.0 Å². The van der Waals surface area contributed by atoms with Crippen LogP contribution in [0.2, 0.25) is 0 Å². The molecule has 0 aliphatic heterocycles. The first kappa shape index (κ1) is 26.9. The summed E-state index contributed by atoms with van der Waals surface area (Å²) in [4.78, 5) is 27.3. The van der Waals surface area contributed by atoms with Crippen LogP contribution >= 0.6 is 0 Å². The molecule has 216 valence electrons. The minimum Gasteiger partial charge on any atom is -0.315 e. The van der Waals surface area contributed by atoms with Crippen molar-refractivity contribution in [1.29, 1.82) is 0 Å². The summed E-state index contributed by atoms with van der Waals surface area (Å²) in [6.45, 7) is 1.96. The monoisotopic (exact) mass is 585 g/mol. The summed E-state index contributed by atoms with van der Waals surface area (Å²) in [5.41, 5.74) is 4.32. The molecular weight excluding hydrogens is 553 g/mol. The molecule has 4 aromatic heterocycles. The Bertz CT molecular complexity index is 1840. The van der Waals surface area contributed by atoms with Gasteiger partial charge in [-0.1, -0.05) is 5.57 Å². The highest BCUT2D eigenvalue weighted by atomic mass is 32.2. The summed E-state index contributed by atoms with van der Waals surface area (Å²) in [6.07, 6.45) is 13.0. The number of carbonyl (C=O) groups excluding carboxylic acids is 1. The lowest BCUT2D eigenvalue weighted by Gasteiger charge is -2.47. The van der Waals surface area contributed by atoms with Crippen molar-refractivity contribution >= 4 is 27.4 Å². The second-order valence-electron chi connectivity index (χ2n) is 11.7. The Balaban J connectivity index is 1.32. The molecule has 11 heteroatoms. The highest BCUT2D eigenvalue weighted by molar-refractivity contribution is 7.98. The largest absolute Gasteiger partial charge is 0.315 e. The van der Waals surface area contributed by atoms with Gasteiger partial charge in [-0.05, 0) is 98.9 Å². The van der Waals surface area contributed by atoms with E-state index >= 15 is 0 Å². The van der Waals surface area contributed by atoms with Crippen LogP contribution in [0.15, 0.2) is 66.0 Å². The van der Waals surface area contributed by atoms with E-state index in [9.17, 15) is 13.4 Å². The van der Waals surface area contributed by atoms with Crippen LogP contribution in [-0.4, -0.2) is 61.6 Å². The molecule has 1 unspecified atom stereocenters. The molecule has 3 atom stereocenters. The molecule has 0 radical (unpaired) electrons. The molecule has 0 N–H and O–H groups in total. The van der Waals surface area contributed by atoms with Crippen LogP contribution in [0.5, 0.6) is 0 Å². The van der Waals surface area contributed by atoms with Crippen molar-refractivity contribution in [1.82, 2.24) is 33.6 Å². The highest BCUT2D eigenvalue weighted by Gasteiger charge is 2.53. The zero-order chi connectivity index (χ0) is 29.2. The summed E-state index contributed by atoms with van der Waals surface area (Å²) >= 11 is 0. The lowest BCUT2D eigenvalue weighted by atomic mass is 9.60. The first-order valence-electron chi connectivity index (χ1n) is 14.2. The number of carbonyl (C=O) groups is 1. The van der Waals surface area contributed by atoms with Gasteiger partial charge < -0.3 is 4.57 Å². The van der Waals surface area contributed by atoms with Gasteiger partial charge in [0.2, 0.25) is 11.1 Å². The molecule has 0 saturated heterocycles. The van der Waals surface area contributed by atoms with Crippen LogP contribution in [0, 0.1) is 18.3 Å². The number of aryl methyl sites for hydroxylation is 2. The van der Waals surface area contributed by atoms with Gasteiger partial charge in [0.25, 0.3) is 0 Å². The number of hydrogen-bond acceptors (Lipinski definition) is 6. The Morgan fingerprint density at radius 1 is 1.14 bits per heavy atom. The molecule has 42 heavy (non-hydrogen) atoms. The van der Waals surface area contributed by atoms with E-state index in [-0.39, 0.29) is 23.0 Å². The van der Waals surface area contributed by atoms with E-state index in [0.29, 0.717) is 25.0 Å². The van der Waals surface area contributed by atoms with E-state index in [1.165, 1.54) is 12.3 Å². The number of hydrogen-bond donors (Lipinski definition) is 0. The van der Waals surface area contributed by atoms with Crippen LogP contribution in [0.25, 0.3) is 11.8 Å². The smallest absolute Gasteiger partial charge is 0.244 e. The van der Waals surface area contributed by atoms with E-state index in [1.54, 1.807) is 30.3 Å². The Morgan fingerprint density at radius 2 is 1.98 bits per heavy atom. The van der Waals surface area contributed by atoms with Crippen LogP contribution in [-0.2, 0) is 23.2 Å². The minimum absolute atomic E-state index is 0.0220. The molecule has 0 aromatic carbocycles. The molecule has 9 nitrogen and oxygen atoms in total. The molecule has 7 rings (SSSR count). The maximum absolute atomic E-state index is 14.6. The number of halogens is 1. The zero-order valence-electron chi connectivity index (χ0n) is 23.6. The third kappa shape index (κ3) is 4.42. The van der Waals surface area contributed by atoms with Crippen molar-refractivity contribution in [3.05, 3.63) is 89.3 Å². The van der Waals surface area contributed by atoms with Crippen molar-refractivity contribution in [2.75, 3.05) is 0 Å². The number of pyridine rings is 2. The SMILES string of the molecule is C=S(=O)(c1ncn(C)n1)N(C1CC1)[C@H]1CCC2=Cc3c(ccn3-c3ccc(F)nc3)C[C@]2(C(=O)c2cc(C)ccn2)C1. The molecular formula is C31H32FN7O2S. The second kappa shape index (κ2) is 9.81. The van der Waals surface area contributed by atoms with Crippen LogP contribution in [0.4, 0.5) is 4.39 Å². The van der Waals surface area contributed by atoms with Crippen molar-refractivity contribution in [3.63, 3.8) is 0 Å². The molecule has 4 heterocycles. The first-order valence-corrected chi connectivity index (χ1v) is 15.9. The Morgan fingerprint density at radius 3 is 2.67 bits per heavy atom. The fourth-order valence-electron chi connectivity index (χ4n) is 6.73. The topological polar surface area (TPSA) is 98.8 Å². The van der Waals surface area contributed by atoms with Gasteiger partial charge in [0.05, 0.1) is 27.0 Å². The molecule has 0 spiro atoms. The van der Waals surface area contributed by atoms with Gasteiger partial charge in [-0.3, -0.25) is 14.5 Å². The standard InChI is InChI=1S/C31H32FN7O2S/c1-20-10-12-33-26(14-20)29(40)31-16-21-11-13-38(25-8-9-28(32)34-18-25)27(21)15-22(31)4-5-24(17-31)39(23-6-7-23)42(3,41)30-35-19-37(2)36-30/h8-15,18-19,23-24H,3-7,16-17H2,1-2H3/t24-,31-,42?/m0/s1. The fourth-order valence-corrected chi connectivity index (χ4v) is 8.74. The number of fused-ring (bicyclic) bond motifs is 2. The average Bonchev–Trinajstić information content (AvgIpc) is 3.55. The maximum atomic E-state index is 14.6. The van der Waals surface area contributed by atoms with Crippen LogP contribution in [0.1, 0.15) is 59.4 Å². The van der Waals surface area contributed by atoms with Crippen molar-refractivity contribution in [2.45, 2.75) is 62.7 Å². The normalized spacial score (nSPS) is 23.1. The first-order chi connectivity index (χ1) is 20.2. The van der Waals surface area contributed by atoms with E-state index in [4.69, 9.17) is 0 Å². The van der Waals surface area contributed by atoms with Gasteiger partial charge in [-0.15, -0.1) is 5.10 Å². The number of allylic oxidation sites excluding steroid dienone is 1. The lowest BCUT2D eigenvalue weighted by Crippen LogP contribution is -2.51. The minimum atomic E-state index is -2.97. The second-order valence-corrected chi connectivity index (χ2v) is 13.8. The summed E-state index contributed by atoms with van der Waals surface area (Å²) < 4.78 is 33.5. The molecule has 2 saturated carbocycles. The number of ketones is 1. The zero-order valence-corrected chi connectivity index (χ0v) is 24.4. The quantitative estimate of drug-likeness (QED) is 0.182. The van der Waals surface area contributed by atoms with Gasteiger partial charge in [-0.2, -0.15) is 4.39 Å². The number of aromatic nitrogens is 6. The van der Waals surface area contributed by atoms with E-state index in [0.717, 1.165) is 47.3 Å². The maximum Gasteiger partial charge on any atom is 0.244 e. The predicted octanol–water partition coefficient (Wildman–Crippen LogP) is 4.36. The van der Waals surface area contributed by atoms with Gasteiger partial charge >= 0.3 is 0 Å². The number of Topliss-reactive ketones (excluding diaryl/α,β-unsaturated/α-hetero) is 1. The third-order valence-corrected chi connectivity index (χ3v) is 10.8. The fraction of sp³-hybridized carbons (Fsp3) is 0.355. The summed E-state index contributed by atoms with van der Waals surface area (Å²) in [5.74, 6) is 3.62. The van der Waals surface area contributed by atoms with Crippen LogP contribution < -0.4 is 0 Å². The molecule has 2 fully saturated rings. The molecule has 4 aromatic rings. The Kier molecular flexibility index (Phi) is 6.28. The van der Waals surface area contributed by atoms with Crippen molar-refractivity contribution in [2.24, 2.45) is 12.5 Å². The van der Waals surface area contributed by atoms with Crippen molar-refractivity contribution < 1.29 is 13.4 Å². The molecule has 0 amide bonds. The van der Waals surface area contributed by atoms with Gasteiger partial charge in [-0.25, -0.2) is 18.5 Å². The molecule has 3 aliphatic rings. The average molecular weight is 586 g/mol. The van der Waals surface area contributed by atoms with E-state index in [1.807, 2.05) is 40.2 Å². The van der Waals surface area contributed by atoms with Crippen LogP contribution in [0.3, 0.4) is 0 Å². The Hall–Kier alpha value is -3.96.